The van der Waals surface area contributed by atoms with Crippen LogP contribution in [0.5, 0.6) is 0 Å². The van der Waals surface area contributed by atoms with Crippen LogP contribution in [0.2, 0.25) is 0 Å². The Morgan fingerprint density at radius 2 is 2.29 bits per heavy atom. The molecule has 1 rings (SSSR count). The lowest BCUT2D eigenvalue weighted by atomic mass is 10.1. The highest BCUT2D eigenvalue weighted by Crippen LogP contribution is 2.06. The van der Waals surface area contributed by atoms with Gasteiger partial charge in [0.1, 0.15) is 0 Å². The summed E-state index contributed by atoms with van der Waals surface area (Å²) in [4.78, 5) is 0.640. The lowest BCUT2D eigenvalue weighted by molar-refractivity contribution is 0.287. The Labute approximate surface area is 101 Å². The van der Waals surface area contributed by atoms with E-state index in [-0.39, 0.29) is 0 Å². The minimum absolute atomic E-state index is 0.640. The molecule has 0 aliphatic rings. The molecular formula is C13H17N. The first-order valence-electron chi connectivity index (χ1n) is 8.93. The van der Waals surface area contributed by atoms with Gasteiger partial charge in [0.15, 0.2) is 0 Å². The van der Waals surface area contributed by atoms with Crippen LogP contribution < -0.4 is 0 Å². The summed E-state index contributed by atoms with van der Waals surface area (Å²) in [6, 6.07) is -6.06. The topological polar surface area (TPSA) is 3.24 Å². The average molecular weight is 197 g/mol. The Morgan fingerprint density at radius 3 is 2.86 bits per heavy atom. The van der Waals surface area contributed by atoms with Crippen molar-refractivity contribution in [1.82, 2.24) is 4.90 Å². The van der Waals surface area contributed by atoms with Gasteiger partial charge in [-0.05, 0) is 25.9 Å². The molecule has 0 aromatic heterocycles. The van der Waals surface area contributed by atoms with E-state index in [9.17, 15) is 0 Å². The number of likely N-dealkylation sites (N-methyl/N-ethyl adjacent to an activating group) is 1. The fraction of sp³-hybridized carbons (Fsp3) is 0.385. The predicted molar refractivity (Wildman–Crippen MR) is 61.1 cm³/mol. The van der Waals surface area contributed by atoms with Crippen molar-refractivity contribution in [3.05, 3.63) is 35.8 Å². The highest BCUT2D eigenvalue weighted by molar-refractivity contribution is 5.15. The summed E-state index contributed by atoms with van der Waals surface area (Å²) in [5, 5.41) is 0. The molecule has 0 amide bonds. The van der Waals surface area contributed by atoms with Gasteiger partial charge in [0, 0.05) is 10.1 Å². The summed E-state index contributed by atoms with van der Waals surface area (Å²) in [6.07, 6.45) is 2.26. The maximum atomic E-state index is 8.30. The van der Waals surface area contributed by atoms with Crippen LogP contribution >= 0.6 is 0 Å². The van der Waals surface area contributed by atoms with Gasteiger partial charge < -0.3 is 0 Å². The van der Waals surface area contributed by atoms with Gasteiger partial charge in [0.2, 0.25) is 0 Å². The molecule has 0 heterocycles. The second-order valence-electron chi connectivity index (χ2n) is 2.53. The molecule has 0 unspecified atom stereocenters. The normalized spacial score (nSPS) is 27.0. The molecule has 0 saturated carbocycles. The van der Waals surface area contributed by atoms with E-state index >= 15 is 0 Å². The molecule has 0 N–H and O–H groups in total. The molecule has 0 saturated heterocycles. The van der Waals surface area contributed by atoms with Gasteiger partial charge in [-0.15, -0.1) is 6.42 Å². The molecular weight excluding hydrogens is 170 g/mol. The third kappa shape index (κ3) is 3.24. The number of hydrogen-bond acceptors (Lipinski definition) is 1. The predicted octanol–water partition coefficient (Wildman–Crippen LogP) is 2.18. The van der Waals surface area contributed by atoms with E-state index in [1.54, 1.807) is 5.92 Å². The Morgan fingerprint density at radius 1 is 1.64 bits per heavy atom. The van der Waals surface area contributed by atoms with E-state index in [4.69, 9.17) is 20.1 Å². The largest absolute Gasteiger partial charge is 0.292 e. The van der Waals surface area contributed by atoms with Gasteiger partial charge in [0.25, 0.3) is 0 Å². The quantitative estimate of drug-likeness (QED) is 0.669. The maximum absolute atomic E-state index is 8.30. The molecule has 1 nitrogen and oxygen atoms in total. The zero-order valence-electron chi connectivity index (χ0n) is 18.0. The Balaban J connectivity index is 3.71. The Kier molecular flexibility index (Phi) is 1.33. The SMILES string of the molecule is [2H]c1c([2H])c([2H])c(C([2H])([2H])[C@@]([2H])(C)N(C)C([2H])([2H])C#C)c([2H])c1[2H]. The van der Waals surface area contributed by atoms with Crippen LogP contribution in [-0.4, -0.2) is 24.5 Å². The van der Waals surface area contributed by atoms with Gasteiger partial charge in [-0.3, -0.25) is 4.90 Å². The van der Waals surface area contributed by atoms with Gasteiger partial charge in [-0.2, -0.15) is 0 Å². The van der Waals surface area contributed by atoms with Gasteiger partial charge in [-0.1, -0.05) is 36.1 Å². The molecule has 74 valence electrons. The molecule has 1 aromatic carbocycles. The van der Waals surface area contributed by atoms with E-state index < -0.39 is 54.7 Å². The fourth-order valence-electron chi connectivity index (χ4n) is 0.758. The summed E-state index contributed by atoms with van der Waals surface area (Å²) in [5.74, 6) is 1.81. The van der Waals surface area contributed by atoms with Crippen LogP contribution in [0.4, 0.5) is 0 Å². The van der Waals surface area contributed by atoms with Crippen molar-refractivity contribution in [2.45, 2.75) is 19.3 Å². The zero-order chi connectivity index (χ0) is 19.2. The summed E-state index contributed by atoms with van der Waals surface area (Å²) < 4.78 is 78.7. The number of nitrogens with zero attached hydrogens (tertiary/aromatic N) is 1. The van der Waals surface area contributed by atoms with Crippen molar-refractivity contribution in [3.63, 3.8) is 0 Å². The molecule has 0 fully saturated rings. The van der Waals surface area contributed by atoms with E-state index in [1.807, 2.05) is 0 Å². The van der Waals surface area contributed by atoms with Crippen LogP contribution in [0.3, 0.4) is 0 Å². The Hall–Kier alpha value is -1.26. The van der Waals surface area contributed by atoms with Crippen molar-refractivity contribution in [1.29, 1.82) is 0 Å². The minimum Gasteiger partial charge on any atom is -0.292 e. The Bertz CT molecular complexity index is 675. The third-order valence-corrected chi connectivity index (χ3v) is 1.54. The van der Waals surface area contributed by atoms with Crippen LogP contribution in [0.1, 0.15) is 26.2 Å². The van der Waals surface area contributed by atoms with Crippen molar-refractivity contribution in [2.24, 2.45) is 0 Å². The van der Waals surface area contributed by atoms with Crippen molar-refractivity contribution >= 4 is 0 Å². The molecule has 1 heteroatoms. The second-order valence-corrected chi connectivity index (χ2v) is 2.53. The first kappa shape index (κ1) is 3.40. The van der Waals surface area contributed by atoms with Gasteiger partial charge >= 0.3 is 0 Å². The second kappa shape index (κ2) is 5.47. The molecule has 14 heavy (non-hydrogen) atoms. The number of terminal acetylenes is 1. The number of rotatable bonds is 4. The molecule has 1 aromatic rings. The number of benzene rings is 1. The molecule has 0 aliphatic carbocycles. The fourth-order valence-corrected chi connectivity index (χ4v) is 0.758. The van der Waals surface area contributed by atoms with E-state index in [0.717, 1.165) is 14.0 Å². The van der Waals surface area contributed by atoms with Crippen LogP contribution in [0.25, 0.3) is 0 Å². The summed E-state index contributed by atoms with van der Waals surface area (Å²) in [7, 11) is 1.10. The molecule has 1 atom stereocenters. The van der Waals surface area contributed by atoms with Crippen LogP contribution in [-0.2, 0) is 6.37 Å². The maximum Gasteiger partial charge on any atom is 0.0626 e. The highest BCUT2D eigenvalue weighted by atomic mass is 15.1. The van der Waals surface area contributed by atoms with Gasteiger partial charge in [-0.25, -0.2) is 0 Å². The van der Waals surface area contributed by atoms with E-state index in [2.05, 4.69) is 0 Å². The first-order valence-corrected chi connectivity index (χ1v) is 3.93. The molecule has 0 spiro atoms. The minimum atomic E-state index is -2.82. The average Bonchev–Trinajstić information content (AvgIpc) is 2.49. The first-order chi connectivity index (χ1) is 10.6. The summed E-state index contributed by atoms with van der Waals surface area (Å²) in [5.41, 5.74) is -0.717. The smallest absolute Gasteiger partial charge is 0.0626 e. The summed E-state index contributed by atoms with van der Waals surface area (Å²) in [6.45, 7) is -1.44. The van der Waals surface area contributed by atoms with Crippen LogP contribution in [0.15, 0.2) is 30.2 Å². The van der Waals surface area contributed by atoms with Crippen molar-refractivity contribution in [2.75, 3.05) is 13.5 Å². The lowest BCUT2D eigenvalue weighted by Gasteiger charge is -2.22. The lowest BCUT2D eigenvalue weighted by Crippen LogP contribution is -2.31. The van der Waals surface area contributed by atoms with Crippen molar-refractivity contribution in [3.8, 4) is 12.3 Å². The van der Waals surface area contributed by atoms with E-state index in [1.165, 1.54) is 0 Å². The van der Waals surface area contributed by atoms with Gasteiger partial charge in [0.05, 0.1) is 16.1 Å². The number of hydrogen-bond donors (Lipinski definition) is 0. The van der Waals surface area contributed by atoms with Crippen LogP contribution in [0, 0.1) is 12.3 Å². The molecule has 0 radical (unpaired) electrons. The standard InChI is InChI=1S/C13H17N/c1-4-10-14(3)12(2)11-13-8-6-5-7-9-13/h1,5-9,12H,10-11H2,2-3H3/t12-/m1/s1/i5D,6D,7D,8D,9D,10D2,11D2,12D. The van der Waals surface area contributed by atoms with Crippen molar-refractivity contribution < 1.29 is 13.7 Å². The molecule has 0 aliphatic heterocycles. The van der Waals surface area contributed by atoms with E-state index in [0.29, 0.717) is 4.90 Å². The summed E-state index contributed by atoms with van der Waals surface area (Å²) >= 11 is 0. The third-order valence-electron chi connectivity index (χ3n) is 1.54. The zero-order valence-corrected chi connectivity index (χ0v) is 8.02. The highest BCUT2D eigenvalue weighted by Gasteiger charge is 2.07. The monoisotopic (exact) mass is 197 g/mol. The molecule has 0 bridgehead atoms.